The van der Waals surface area contributed by atoms with Crippen molar-refractivity contribution in [2.75, 3.05) is 27.0 Å². The van der Waals surface area contributed by atoms with E-state index in [1.165, 1.54) is 6.92 Å². The molecule has 3 aromatic rings. The fourth-order valence-electron chi connectivity index (χ4n) is 7.05. The second-order valence-electron chi connectivity index (χ2n) is 14.0. The van der Waals surface area contributed by atoms with Crippen LogP contribution in [0.25, 0.3) is 0 Å². The van der Waals surface area contributed by atoms with Crippen LogP contribution in [0.5, 0.6) is 0 Å². The number of carbonyl (C=O) groups is 18. The van der Waals surface area contributed by atoms with Crippen molar-refractivity contribution in [1.29, 1.82) is 0 Å². The van der Waals surface area contributed by atoms with Crippen molar-refractivity contribution in [3.8, 4) is 0 Å². The summed E-state index contributed by atoms with van der Waals surface area (Å²) in [7, 11) is 0. The van der Waals surface area contributed by atoms with E-state index in [9.17, 15) is 153 Å². The van der Waals surface area contributed by atoms with Gasteiger partial charge in [-0.25, -0.2) is 86.3 Å². The standard InChI is InChI=1S/C42H26O37/c1-2-3-74-35(66)21-19(36(67)75-4-43)20(37(68)76-5-44)22(38(69)77-6-45)24(42(73)79-40(71)18-15(33(62)63)11(29(54)55)8(26(48)49)12(30(56)57)16(18)34(64)65)23(21)41(72)78-39(70)17-13(31(58)59)9(27(50)51)7(25(46)47)10(28(52)53)14(17)32(60)61/h43-45H,2-6H2,1H3,(H,46,47)(H,48,49)(H,50,51)(H,52,53)(H,54,55)(H,56,57)(H,58,59)(H,60,61)(H,62,63)(H,64,65). The summed E-state index contributed by atoms with van der Waals surface area (Å²) in [6, 6.07) is 0. The number of esters is 8. The van der Waals surface area contributed by atoms with Crippen molar-refractivity contribution >= 4 is 107 Å². The van der Waals surface area contributed by atoms with E-state index >= 15 is 0 Å². The number of ether oxygens (including phenoxy) is 6. The highest BCUT2D eigenvalue weighted by Crippen LogP contribution is 2.37. The minimum absolute atomic E-state index is 0.348. The Morgan fingerprint density at radius 1 is 0.241 bits per heavy atom. The van der Waals surface area contributed by atoms with Gasteiger partial charge in [-0.2, -0.15) is 0 Å². The van der Waals surface area contributed by atoms with Crippen molar-refractivity contribution in [3.63, 3.8) is 0 Å². The molecule has 0 radical (unpaired) electrons. The number of carboxylic acids is 10. The Hall–Kier alpha value is -11.6. The van der Waals surface area contributed by atoms with Gasteiger partial charge in [0.2, 0.25) is 0 Å². The Morgan fingerprint density at radius 2 is 0.380 bits per heavy atom. The van der Waals surface area contributed by atoms with Crippen LogP contribution >= 0.6 is 0 Å². The summed E-state index contributed by atoms with van der Waals surface area (Å²) in [6.07, 6.45) is -0.348. The van der Waals surface area contributed by atoms with E-state index < -0.39 is 235 Å². The van der Waals surface area contributed by atoms with E-state index in [-0.39, 0.29) is 6.42 Å². The average Bonchev–Trinajstić information content (AvgIpc) is 3.44. The number of aliphatic hydroxyl groups is 3. The van der Waals surface area contributed by atoms with Gasteiger partial charge in [-0.15, -0.1) is 0 Å². The van der Waals surface area contributed by atoms with Gasteiger partial charge in [-0.1, -0.05) is 6.92 Å². The molecule has 0 aromatic heterocycles. The first-order valence-corrected chi connectivity index (χ1v) is 19.9. The van der Waals surface area contributed by atoms with Gasteiger partial charge in [0.15, 0.2) is 20.4 Å². The molecule has 0 fully saturated rings. The van der Waals surface area contributed by atoms with Gasteiger partial charge >= 0.3 is 107 Å². The van der Waals surface area contributed by atoms with E-state index in [4.69, 9.17) is 4.74 Å². The molecule has 0 aliphatic carbocycles. The lowest BCUT2D eigenvalue weighted by atomic mass is 9.85. The SMILES string of the molecule is CCCOC(=O)c1c(C(=O)OCO)c(C(=O)OCO)c(C(=O)OCO)c(C(=O)OC(=O)c2c(C(=O)O)c(C(=O)O)c(C(=O)O)c(C(=O)O)c2C(=O)O)c1C(=O)OC(=O)c1c(C(=O)O)c(C(=O)O)c(C(=O)O)c(C(=O)O)c1C(=O)O. The first-order chi connectivity index (χ1) is 36.8. The van der Waals surface area contributed by atoms with Crippen molar-refractivity contribution in [2.45, 2.75) is 13.3 Å². The van der Waals surface area contributed by atoms with Crippen LogP contribution in [0.1, 0.15) is 200 Å². The maximum atomic E-state index is 14.7. The van der Waals surface area contributed by atoms with Gasteiger partial charge in [0.25, 0.3) is 0 Å². The van der Waals surface area contributed by atoms with E-state index in [0.29, 0.717) is 0 Å². The van der Waals surface area contributed by atoms with Crippen LogP contribution in [-0.2, 0) is 28.4 Å². The number of hydrogen-bond donors (Lipinski definition) is 13. The quantitative estimate of drug-likeness (QED) is 0.0224. The lowest BCUT2D eigenvalue weighted by molar-refractivity contribution is 0.0000126. The molecule has 79 heavy (non-hydrogen) atoms. The third-order valence-corrected chi connectivity index (χ3v) is 9.67. The highest BCUT2D eigenvalue weighted by Gasteiger charge is 2.48. The van der Waals surface area contributed by atoms with Crippen molar-refractivity contribution in [2.24, 2.45) is 0 Å². The van der Waals surface area contributed by atoms with Crippen molar-refractivity contribution in [1.82, 2.24) is 0 Å². The molecule has 0 aliphatic rings. The van der Waals surface area contributed by atoms with E-state index in [1.54, 1.807) is 0 Å². The summed E-state index contributed by atoms with van der Waals surface area (Å²) >= 11 is 0. The second-order valence-corrected chi connectivity index (χ2v) is 14.0. The molecule has 37 nitrogen and oxygen atoms in total. The monoisotopic (exact) mass is 1120 g/mol. The van der Waals surface area contributed by atoms with Crippen molar-refractivity contribution in [3.05, 3.63) is 100 Å². The maximum Gasteiger partial charge on any atom is 0.347 e. The van der Waals surface area contributed by atoms with Crippen LogP contribution in [0.4, 0.5) is 0 Å². The number of benzene rings is 3. The number of hydrogen-bond acceptors (Lipinski definition) is 27. The third kappa shape index (κ3) is 11.7. The molecule has 0 atom stereocenters. The van der Waals surface area contributed by atoms with Crippen LogP contribution in [-0.4, -0.2) is 201 Å². The summed E-state index contributed by atoms with van der Waals surface area (Å²) < 4.78 is 26.8. The van der Waals surface area contributed by atoms with Gasteiger partial charge in [0, 0.05) is 0 Å². The molecule has 37 heteroatoms. The summed E-state index contributed by atoms with van der Waals surface area (Å²) in [5.74, 6) is -50.4. The molecule has 3 rings (SSSR count). The predicted molar refractivity (Wildman–Crippen MR) is 226 cm³/mol. The molecule has 3 aromatic carbocycles. The fraction of sp³-hybridized carbons (Fsp3) is 0.143. The van der Waals surface area contributed by atoms with Crippen LogP contribution in [0, 0.1) is 0 Å². The molecule has 0 heterocycles. The van der Waals surface area contributed by atoms with E-state index in [2.05, 4.69) is 23.7 Å². The van der Waals surface area contributed by atoms with E-state index in [0.717, 1.165) is 0 Å². The molecular formula is C42H26O37. The highest BCUT2D eigenvalue weighted by molar-refractivity contribution is 6.29. The van der Waals surface area contributed by atoms with E-state index in [1.807, 2.05) is 0 Å². The van der Waals surface area contributed by atoms with Crippen molar-refractivity contribution < 1.29 is 181 Å². The molecule has 0 saturated carbocycles. The summed E-state index contributed by atoms with van der Waals surface area (Å²) in [4.78, 5) is 238. The lowest BCUT2D eigenvalue weighted by Crippen LogP contribution is -2.34. The average molecular weight is 1120 g/mol. The highest BCUT2D eigenvalue weighted by atomic mass is 16.6. The van der Waals surface area contributed by atoms with Crippen LogP contribution in [0.3, 0.4) is 0 Å². The van der Waals surface area contributed by atoms with Gasteiger partial charge in [0.1, 0.15) is 0 Å². The number of aliphatic hydroxyl groups excluding tert-OH is 3. The Bertz CT molecular complexity index is 3260. The smallest absolute Gasteiger partial charge is 0.347 e. The Morgan fingerprint density at radius 3 is 0.532 bits per heavy atom. The maximum absolute atomic E-state index is 14.7. The first-order valence-electron chi connectivity index (χ1n) is 19.9. The zero-order chi connectivity index (χ0) is 60.6. The second kappa shape index (κ2) is 24.6. The summed E-state index contributed by atoms with van der Waals surface area (Å²) in [5, 5.41) is 128. The molecule has 416 valence electrons. The predicted octanol–water partition coefficient (Wildman–Crippen LogP) is -1.45. The molecular weight excluding hydrogens is 1100 g/mol. The Labute approximate surface area is 428 Å². The molecule has 13 N–H and O–H groups in total. The number of carbonyl (C=O) groups excluding carboxylic acids is 8. The minimum Gasteiger partial charge on any atom is -0.478 e. The van der Waals surface area contributed by atoms with Crippen LogP contribution in [0.2, 0.25) is 0 Å². The van der Waals surface area contributed by atoms with Gasteiger partial charge in [-0.05, 0) is 6.42 Å². The summed E-state index contributed by atoms with van der Waals surface area (Å²) in [6.45, 7) is -5.61. The lowest BCUT2D eigenvalue weighted by Gasteiger charge is -2.22. The third-order valence-electron chi connectivity index (χ3n) is 9.67. The molecule has 0 unspecified atom stereocenters. The normalized spacial score (nSPS) is 10.4. The van der Waals surface area contributed by atoms with Gasteiger partial charge in [-0.3, -0.25) is 0 Å². The fourth-order valence-corrected chi connectivity index (χ4v) is 7.05. The first kappa shape index (κ1) is 61.7. The Balaban J connectivity index is 2.96. The molecule has 0 amide bonds. The topological polar surface area (TPSA) is 626 Å². The largest absolute Gasteiger partial charge is 0.478 e. The van der Waals surface area contributed by atoms with Crippen LogP contribution < -0.4 is 0 Å². The molecule has 0 aliphatic heterocycles. The number of aromatic carboxylic acids is 10. The molecule has 0 spiro atoms. The Kier molecular flexibility index (Phi) is 19.2. The molecule has 0 saturated heterocycles. The zero-order valence-corrected chi connectivity index (χ0v) is 38.1. The number of carboxylic acid groups (broad SMARTS) is 10. The van der Waals surface area contributed by atoms with Gasteiger partial charge < -0.3 is 94.8 Å². The number of rotatable bonds is 23. The molecule has 0 bridgehead atoms. The zero-order valence-electron chi connectivity index (χ0n) is 38.1. The summed E-state index contributed by atoms with van der Waals surface area (Å²) in [5.41, 5.74) is -41.9. The van der Waals surface area contributed by atoms with Crippen LogP contribution in [0.15, 0.2) is 0 Å². The minimum atomic E-state index is -3.12. The van der Waals surface area contributed by atoms with Gasteiger partial charge in [0.05, 0.1) is 107 Å².